The molecule has 1 heterocycles. The number of piperazine rings is 1. The number of nitrogens with one attached hydrogen (secondary N) is 1. The van der Waals surface area contributed by atoms with Crippen molar-refractivity contribution in [2.75, 3.05) is 50.1 Å². The van der Waals surface area contributed by atoms with Crippen molar-refractivity contribution in [3.05, 3.63) is 53.6 Å². The Bertz CT molecular complexity index is 828. The van der Waals surface area contributed by atoms with Crippen molar-refractivity contribution in [2.45, 2.75) is 25.7 Å². The maximum absolute atomic E-state index is 12.4. The second kappa shape index (κ2) is 8.65. The van der Waals surface area contributed by atoms with Gasteiger partial charge < -0.3 is 15.0 Å². The molecule has 2 aromatic rings. The van der Waals surface area contributed by atoms with Gasteiger partial charge in [-0.15, -0.1) is 0 Å². The van der Waals surface area contributed by atoms with Crippen molar-refractivity contribution in [3.63, 3.8) is 0 Å². The van der Waals surface area contributed by atoms with Gasteiger partial charge in [0.15, 0.2) is 0 Å². The van der Waals surface area contributed by atoms with Crippen LogP contribution in [0.1, 0.15) is 24.0 Å². The SMILES string of the molecule is COc1ccccc1N1CCN(CCC(=O)Nc2ccc3c(c2)CCC3)CC1. The van der Waals surface area contributed by atoms with Crippen molar-refractivity contribution < 1.29 is 9.53 Å². The first kappa shape index (κ1) is 18.8. The average Bonchev–Trinajstić information content (AvgIpc) is 3.20. The Labute approximate surface area is 167 Å². The molecule has 0 radical (unpaired) electrons. The molecule has 0 spiro atoms. The van der Waals surface area contributed by atoms with Gasteiger partial charge in [0.05, 0.1) is 12.8 Å². The van der Waals surface area contributed by atoms with Crippen LogP contribution in [0, 0.1) is 0 Å². The minimum Gasteiger partial charge on any atom is -0.495 e. The Morgan fingerprint density at radius 1 is 1.04 bits per heavy atom. The zero-order valence-corrected chi connectivity index (χ0v) is 16.6. The summed E-state index contributed by atoms with van der Waals surface area (Å²) in [6.07, 6.45) is 4.07. The molecule has 2 aliphatic rings. The highest BCUT2D eigenvalue weighted by Gasteiger charge is 2.20. The second-order valence-electron chi connectivity index (χ2n) is 7.64. The second-order valence-corrected chi connectivity index (χ2v) is 7.64. The lowest BCUT2D eigenvalue weighted by molar-refractivity contribution is -0.116. The van der Waals surface area contributed by atoms with E-state index in [9.17, 15) is 4.79 Å². The largest absolute Gasteiger partial charge is 0.495 e. The Hall–Kier alpha value is -2.53. The quantitative estimate of drug-likeness (QED) is 0.836. The first-order valence-corrected chi connectivity index (χ1v) is 10.2. The number of carbonyl (C=O) groups is 1. The summed E-state index contributed by atoms with van der Waals surface area (Å²) in [5.41, 5.74) is 4.92. The number of hydrogen-bond acceptors (Lipinski definition) is 4. The number of benzene rings is 2. The number of amides is 1. The first-order valence-electron chi connectivity index (χ1n) is 10.2. The maximum Gasteiger partial charge on any atom is 0.225 e. The van der Waals surface area contributed by atoms with Gasteiger partial charge >= 0.3 is 0 Å². The molecule has 4 rings (SSSR count). The van der Waals surface area contributed by atoms with E-state index < -0.39 is 0 Å². The number of rotatable bonds is 6. The van der Waals surface area contributed by atoms with Gasteiger partial charge in [0.25, 0.3) is 0 Å². The van der Waals surface area contributed by atoms with Gasteiger partial charge in [-0.05, 0) is 54.7 Å². The summed E-state index contributed by atoms with van der Waals surface area (Å²) in [4.78, 5) is 17.1. The lowest BCUT2D eigenvalue weighted by Gasteiger charge is -2.36. The molecule has 2 aromatic carbocycles. The number of fused-ring (bicyclic) bond motifs is 1. The molecule has 1 aliphatic carbocycles. The third-order valence-electron chi connectivity index (χ3n) is 5.84. The van der Waals surface area contributed by atoms with Crippen molar-refractivity contribution in [1.29, 1.82) is 0 Å². The van der Waals surface area contributed by atoms with Crippen LogP contribution in [-0.2, 0) is 17.6 Å². The van der Waals surface area contributed by atoms with Gasteiger partial charge in [0.1, 0.15) is 5.75 Å². The zero-order valence-electron chi connectivity index (χ0n) is 16.6. The van der Waals surface area contributed by atoms with E-state index in [0.717, 1.165) is 56.3 Å². The molecule has 1 N–H and O–H groups in total. The smallest absolute Gasteiger partial charge is 0.225 e. The van der Waals surface area contributed by atoms with Crippen LogP contribution in [0.25, 0.3) is 0 Å². The van der Waals surface area contributed by atoms with E-state index in [1.54, 1.807) is 7.11 Å². The third-order valence-corrected chi connectivity index (χ3v) is 5.84. The van der Waals surface area contributed by atoms with E-state index in [1.807, 2.05) is 24.3 Å². The summed E-state index contributed by atoms with van der Waals surface area (Å²) in [7, 11) is 1.72. The summed E-state index contributed by atoms with van der Waals surface area (Å²) in [6.45, 7) is 4.63. The van der Waals surface area contributed by atoms with Gasteiger partial charge in [0.2, 0.25) is 5.91 Å². The standard InChI is InChI=1S/C23H29N3O2/c1-28-22-8-3-2-7-21(22)26-15-13-25(14-16-26)12-11-23(27)24-20-10-9-18-5-4-6-19(18)17-20/h2-3,7-10,17H,4-6,11-16H2,1H3,(H,24,27). The fourth-order valence-electron chi connectivity index (χ4n) is 4.24. The molecule has 0 saturated carbocycles. The van der Waals surface area contributed by atoms with Gasteiger partial charge in [-0.1, -0.05) is 18.2 Å². The minimum atomic E-state index is 0.102. The molecule has 0 aromatic heterocycles. The fraction of sp³-hybridized carbons (Fsp3) is 0.435. The number of nitrogens with zero attached hydrogens (tertiary/aromatic N) is 2. The molecule has 1 amide bonds. The van der Waals surface area contributed by atoms with Crippen LogP contribution < -0.4 is 15.0 Å². The molecule has 5 heteroatoms. The average molecular weight is 380 g/mol. The number of hydrogen-bond donors (Lipinski definition) is 1. The molecule has 0 unspecified atom stereocenters. The Balaban J connectivity index is 1.23. The lowest BCUT2D eigenvalue weighted by Crippen LogP contribution is -2.47. The van der Waals surface area contributed by atoms with Crippen LogP contribution in [-0.4, -0.2) is 50.6 Å². The minimum absolute atomic E-state index is 0.102. The molecule has 148 valence electrons. The Morgan fingerprint density at radius 3 is 2.64 bits per heavy atom. The molecule has 0 bridgehead atoms. The molecular weight excluding hydrogens is 350 g/mol. The summed E-state index contributed by atoms with van der Waals surface area (Å²) in [5.74, 6) is 1.02. The van der Waals surface area contributed by atoms with Crippen LogP contribution in [0.3, 0.4) is 0 Å². The van der Waals surface area contributed by atoms with E-state index in [1.165, 1.54) is 24.0 Å². The third kappa shape index (κ3) is 4.30. The normalized spacial score (nSPS) is 16.7. The van der Waals surface area contributed by atoms with Crippen LogP contribution in [0.4, 0.5) is 11.4 Å². The number of ether oxygens (including phenoxy) is 1. The van der Waals surface area contributed by atoms with Crippen LogP contribution >= 0.6 is 0 Å². The highest BCUT2D eigenvalue weighted by atomic mass is 16.5. The predicted octanol–water partition coefficient (Wildman–Crippen LogP) is 3.33. The van der Waals surface area contributed by atoms with E-state index in [2.05, 4.69) is 33.3 Å². The number of anilines is 2. The summed E-state index contributed by atoms with van der Waals surface area (Å²) in [6, 6.07) is 14.5. The summed E-state index contributed by atoms with van der Waals surface area (Å²) >= 11 is 0. The van der Waals surface area contributed by atoms with E-state index in [4.69, 9.17) is 4.74 Å². The summed E-state index contributed by atoms with van der Waals surface area (Å²) < 4.78 is 5.48. The number of carbonyl (C=O) groups excluding carboxylic acids is 1. The predicted molar refractivity (Wildman–Crippen MR) is 113 cm³/mol. The van der Waals surface area contributed by atoms with Gasteiger partial charge in [-0.3, -0.25) is 9.69 Å². The molecular formula is C23H29N3O2. The number of para-hydroxylation sites is 2. The fourth-order valence-corrected chi connectivity index (χ4v) is 4.24. The Morgan fingerprint density at radius 2 is 1.82 bits per heavy atom. The van der Waals surface area contributed by atoms with Crippen molar-refractivity contribution in [2.24, 2.45) is 0 Å². The molecule has 1 aliphatic heterocycles. The van der Waals surface area contributed by atoms with Crippen LogP contribution in [0.15, 0.2) is 42.5 Å². The highest BCUT2D eigenvalue weighted by molar-refractivity contribution is 5.91. The molecule has 1 fully saturated rings. The molecule has 5 nitrogen and oxygen atoms in total. The maximum atomic E-state index is 12.4. The van der Waals surface area contributed by atoms with E-state index >= 15 is 0 Å². The Kier molecular flexibility index (Phi) is 5.81. The van der Waals surface area contributed by atoms with Crippen molar-refractivity contribution in [1.82, 2.24) is 4.90 Å². The van der Waals surface area contributed by atoms with Gasteiger partial charge in [0, 0.05) is 44.8 Å². The number of aryl methyl sites for hydroxylation is 2. The lowest BCUT2D eigenvalue weighted by atomic mass is 10.1. The van der Waals surface area contributed by atoms with Crippen LogP contribution in [0.5, 0.6) is 5.75 Å². The molecule has 0 atom stereocenters. The molecule has 28 heavy (non-hydrogen) atoms. The van der Waals surface area contributed by atoms with Gasteiger partial charge in [-0.2, -0.15) is 0 Å². The van der Waals surface area contributed by atoms with E-state index in [0.29, 0.717) is 6.42 Å². The molecule has 1 saturated heterocycles. The van der Waals surface area contributed by atoms with E-state index in [-0.39, 0.29) is 5.91 Å². The first-order chi connectivity index (χ1) is 13.7. The monoisotopic (exact) mass is 379 g/mol. The van der Waals surface area contributed by atoms with Crippen molar-refractivity contribution >= 4 is 17.3 Å². The highest BCUT2D eigenvalue weighted by Crippen LogP contribution is 2.28. The zero-order chi connectivity index (χ0) is 19.3. The summed E-state index contributed by atoms with van der Waals surface area (Å²) in [5, 5.41) is 3.07. The van der Waals surface area contributed by atoms with Gasteiger partial charge in [-0.25, -0.2) is 0 Å². The van der Waals surface area contributed by atoms with Crippen LogP contribution in [0.2, 0.25) is 0 Å². The number of methoxy groups -OCH3 is 1. The van der Waals surface area contributed by atoms with Crippen molar-refractivity contribution in [3.8, 4) is 5.75 Å². The topological polar surface area (TPSA) is 44.8 Å².